The Morgan fingerprint density at radius 3 is 2.22 bits per heavy atom. The summed E-state index contributed by atoms with van der Waals surface area (Å²) in [5, 5.41) is 8.36. The molecule has 0 aromatic carbocycles. The Balaban J connectivity index is 3.50. The third-order valence-corrected chi connectivity index (χ3v) is 1.94. The molecule has 2 unspecified atom stereocenters. The van der Waals surface area contributed by atoms with Gasteiger partial charge in [-0.05, 0) is 6.42 Å². The zero-order valence-corrected chi connectivity index (χ0v) is 8.15. The second-order valence-electron chi connectivity index (χ2n) is 1.82. The van der Waals surface area contributed by atoms with Gasteiger partial charge in [0, 0.05) is 4.83 Å². The fourth-order valence-corrected chi connectivity index (χ4v) is 1.82. The number of halogens is 2. The third kappa shape index (κ3) is 4.90. The highest BCUT2D eigenvalue weighted by molar-refractivity contribution is 9.10. The van der Waals surface area contributed by atoms with E-state index in [9.17, 15) is 4.79 Å². The van der Waals surface area contributed by atoms with Gasteiger partial charge in [0.1, 0.15) is 4.83 Å². The SMILES string of the molecule is CC(Br)CC(Br)C(=O)O. The second-order valence-corrected chi connectivity index (χ2v) is 4.49. The number of carboxylic acid groups (broad SMARTS) is 1. The van der Waals surface area contributed by atoms with E-state index in [4.69, 9.17) is 5.11 Å². The highest BCUT2D eigenvalue weighted by Crippen LogP contribution is 2.13. The number of carboxylic acids is 1. The van der Waals surface area contributed by atoms with E-state index in [1.165, 1.54) is 0 Å². The van der Waals surface area contributed by atoms with Crippen LogP contribution < -0.4 is 0 Å². The van der Waals surface area contributed by atoms with Gasteiger partial charge in [-0.15, -0.1) is 0 Å². The monoisotopic (exact) mass is 258 g/mol. The summed E-state index contributed by atoms with van der Waals surface area (Å²) in [6.45, 7) is 1.91. The minimum atomic E-state index is -0.804. The first-order valence-electron chi connectivity index (χ1n) is 2.55. The van der Waals surface area contributed by atoms with Crippen molar-refractivity contribution in [3.63, 3.8) is 0 Å². The predicted molar refractivity (Wildman–Crippen MR) is 43.4 cm³/mol. The Morgan fingerprint density at radius 1 is 1.67 bits per heavy atom. The van der Waals surface area contributed by atoms with Crippen LogP contribution in [0.15, 0.2) is 0 Å². The highest BCUT2D eigenvalue weighted by atomic mass is 79.9. The van der Waals surface area contributed by atoms with Crippen molar-refractivity contribution < 1.29 is 9.90 Å². The van der Waals surface area contributed by atoms with Gasteiger partial charge in [0.05, 0.1) is 0 Å². The first-order valence-corrected chi connectivity index (χ1v) is 4.38. The minimum Gasteiger partial charge on any atom is -0.480 e. The fourth-order valence-electron chi connectivity index (χ4n) is 0.386. The van der Waals surface area contributed by atoms with Crippen LogP contribution in [0.1, 0.15) is 13.3 Å². The number of hydrogen-bond donors (Lipinski definition) is 1. The van der Waals surface area contributed by atoms with Crippen LogP contribution in [-0.2, 0) is 4.79 Å². The molecule has 2 nitrogen and oxygen atoms in total. The molecule has 0 bridgehead atoms. The van der Waals surface area contributed by atoms with Crippen molar-refractivity contribution in [2.75, 3.05) is 0 Å². The summed E-state index contributed by atoms with van der Waals surface area (Å²) in [6.07, 6.45) is 0.606. The van der Waals surface area contributed by atoms with Crippen molar-refractivity contribution in [1.82, 2.24) is 0 Å². The van der Waals surface area contributed by atoms with E-state index in [0.717, 1.165) is 0 Å². The van der Waals surface area contributed by atoms with Gasteiger partial charge in [0.25, 0.3) is 0 Å². The summed E-state index contributed by atoms with van der Waals surface area (Å²) >= 11 is 6.26. The molecule has 0 aliphatic heterocycles. The molecule has 0 heterocycles. The summed E-state index contributed by atoms with van der Waals surface area (Å²) in [5.74, 6) is -0.804. The molecule has 2 atom stereocenters. The van der Waals surface area contributed by atoms with Crippen LogP contribution in [0, 0.1) is 0 Å². The molecule has 0 aromatic heterocycles. The van der Waals surface area contributed by atoms with Crippen LogP contribution in [0.25, 0.3) is 0 Å². The number of alkyl halides is 2. The van der Waals surface area contributed by atoms with Crippen molar-refractivity contribution in [1.29, 1.82) is 0 Å². The first kappa shape index (κ1) is 9.43. The average Bonchev–Trinajstić information content (AvgIpc) is 1.63. The van der Waals surface area contributed by atoms with E-state index in [2.05, 4.69) is 31.9 Å². The Bertz CT molecular complexity index is 103. The largest absolute Gasteiger partial charge is 0.480 e. The predicted octanol–water partition coefficient (Wildman–Crippen LogP) is 2.01. The third-order valence-electron chi connectivity index (χ3n) is 0.800. The van der Waals surface area contributed by atoms with Gasteiger partial charge in [-0.25, -0.2) is 0 Å². The maximum atomic E-state index is 10.2. The average molecular weight is 260 g/mol. The van der Waals surface area contributed by atoms with Gasteiger partial charge in [0.15, 0.2) is 0 Å². The molecule has 0 aliphatic carbocycles. The standard InChI is InChI=1S/C5H8Br2O2/c1-3(6)2-4(7)5(8)9/h3-4H,2H2,1H3,(H,8,9). The number of hydrogen-bond acceptors (Lipinski definition) is 1. The van der Waals surface area contributed by atoms with E-state index in [-0.39, 0.29) is 4.83 Å². The molecule has 1 N–H and O–H groups in total. The van der Waals surface area contributed by atoms with E-state index in [1.807, 2.05) is 6.92 Å². The molecular weight excluding hydrogens is 252 g/mol. The van der Waals surface area contributed by atoms with E-state index >= 15 is 0 Å². The Labute approximate surface area is 70.9 Å². The zero-order valence-electron chi connectivity index (χ0n) is 4.97. The number of carbonyl (C=O) groups is 1. The van der Waals surface area contributed by atoms with Gasteiger partial charge in [-0.3, -0.25) is 4.79 Å². The summed E-state index contributed by atoms with van der Waals surface area (Å²) in [5.41, 5.74) is 0. The van der Waals surface area contributed by atoms with Crippen LogP contribution in [0.3, 0.4) is 0 Å². The molecule has 0 spiro atoms. The summed E-state index contributed by atoms with van der Waals surface area (Å²) in [4.78, 5) is 9.99. The molecule has 0 radical (unpaired) electrons. The van der Waals surface area contributed by atoms with Crippen LogP contribution in [-0.4, -0.2) is 20.7 Å². The lowest BCUT2D eigenvalue weighted by Gasteiger charge is -2.04. The van der Waals surface area contributed by atoms with Crippen LogP contribution in [0.4, 0.5) is 0 Å². The normalized spacial score (nSPS) is 16.8. The van der Waals surface area contributed by atoms with Crippen LogP contribution in [0.5, 0.6) is 0 Å². The number of rotatable bonds is 3. The van der Waals surface area contributed by atoms with Crippen molar-refractivity contribution in [3.05, 3.63) is 0 Å². The first-order chi connectivity index (χ1) is 4.04. The number of aliphatic carboxylic acids is 1. The fraction of sp³-hybridized carbons (Fsp3) is 0.800. The van der Waals surface area contributed by atoms with Crippen molar-refractivity contribution in [2.24, 2.45) is 0 Å². The van der Waals surface area contributed by atoms with Crippen molar-refractivity contribution >= 4 is 37.8 Å². The Hall–Kier alpha value is 0.430. The van der Waals surface area contributed by atoms with Gasteiger partial charge >= 0.3 is 5.97 Å². The molecule has 0 aliphatic rings. The molecule has 4 heteroatoms. The molecule has 0 saturated heterocycles. The van der Waals surface area contributed by atoms with Crippen molar-refractivity contribution in [3.8, 4) is 0 Å². The lowest BCUT2D eigenvalue weighted by molar-refractivity contribution is -0.136. The quantitative estimate of drug-likeness (QED) is 0.788. The minimum absolute atomic E-state index is 0.248. The molecule has 0 saturated carbocycles. The highest BCUT2D eigenvalue weighted by Gasteiger charge is 2.14. The maximum Gasteiger partial charge on any atom is 0.317 e. The lowest BCUT2D eigenvalue weighted by atomic mass is 10.2. The van der Waals surface area contributed by atoms with Gasteiger partial charge < -0.3 is 5.11 Å². The van der Waals surface area contributed by atoms with E-state index in [1.54, 1.807) is 0 Å². The molecular formula is C5H8Br2O2. The van der Waals surface area contributed by atoms with Crippen molar-refractivity contribution in [2.45, 2.75) is 23.0 Å². The maximum absolute atomic E-state index is 10.2. The van der Waals surface area contributed by atoms with Crippen LogP contribution >= 0.6 is 31.9 Å². The topological polar surface area (TPSA) is 37.3 Å². The van der Waals surface area contributed by atoms with E-state index in [0.29, 0.717) is 6.42 Å². The Kier molecular flexibility index (Phi) is 4.48. The van der Waals surface area contributed by atoms with Crippen LogP contribution in [0.2, 0.25) is 0 Å². The molecule has 0 rings (SSSR count). The van der Waals surface area contributed by atoms with E-state index < -0.39 is 10.8 Å². The molecule has 0 fully saturated rings. The van der Waals surface area contributed by atoms with Gasteiger partial charge in [-0.1, -0.05) is 38.8 Å². The summed E-state index contributed by atoms with van der Waals surface area (Å²) < 4.78 is 0. The summed E-state index contributed by atoms with van der Waals surface area (Å²) in [6, 6.07) is 0. The summed E-state index contributed by atoms with van der Waals surface area (Å²) in [7, 11) is 0. The lowest BCUT2D eigenvalue weighted by Crippen LogP contribution is -2.15. The molecule has 54 valence electrons. The second kappa shape index (κ2) is 4.28. The Morgan fingerprint density at radius 2 is 2.11 bits per heavy atom. The van der Waals surface area contributed by atoms with Gasteiger partial charge in [0.2, 0.25) is 0 Å². The molecule has 0 amide bonds. The zero-order chi connectivity index (χ0) is 7.44. The smallest absolute Gasteiger partial charge is 0.317 e. The van der Waals surface area contributed by atoms with Gasteiger partial charge in [-0.2, -0.15) is 0 Å². The molecule has 0 aromatic rings. The molecule has 9 heavy (non-hydrogen) atoms.